The molecule has 2 aromatic carbocycles. The summed E-state index contributed by atoms with van der Waals surface area (Å²) in [5.74, 6) is 0.794. The van der Waals surface area contributed by atoms with Crippen LogP contribution >= 0.6 is 11.6 Å². The molecule has 0 spiro atoms. The van der Waals surface area contributed by atoms with Gasteiger partial charge in [0, 0.05) is 29.7 Å². The lowest BCUT2D eigenvalue weighted by atomic mass is 10.2. The van der Waals surface area contributed by atoms with Crippen molar-refractivity contribution in [3.05, 3.63) is 47.0 Å². The van der Waals surface area contributed by atoms with Crippen LogP contribution in [0.25, 0.3) is 0 Å². The number of carbonyl (C=O) groups is 2. The molecule has 0 bridgehead atoms. The van der Waals surface area contributed by atoms with Crippen molar-refractivity contribution in [2.75, 3.05) is 38.4 Å². The van der Waals surface area contributed by atoms with E-state index in [9.17, 15) is 9.59 Å². The number of benzene rings is 2. The van der Waals surface area contributed by atoms with Crippen LogP contribution < -0.4 is 20.1 Å². The van der Waals surface area contributed by atoms with E-state index < -0.39 is 0 Å². The topological polar surface area (TPSA) is 79.9 Å². The number of anilines is 2. The minimum absolute atomic E-state index is 0.142. The number of rotatable bonds is 8. The summed E-state index contributed by atoms with van der Waals surface area (Å²) in [6, 6.07) is 10.4. The molecule has 0 atom stereocenters. The van der Waals surface area contributed by atoms with E-state index in [4.69, 9.17) is 21.1 Å². The fraction of sp³-hybridized carbons (Fsp3) is 0.300. The highest BCUT2D eigenvalue weighted by atomic mass is 35.5. The summed E-state index contributed by atoms with van der Waals surface area (Å²) in [6.45, 7) is 2.05. The zero-order chi connectivity index (χ0) is 20.7. The summed E-state index contributed by atoms with van der Waals surface area (Å²) in [5.41, 5.74) is 1.93. The summed E-state index contributed by atoms with van der Waals surface area (Å²) < 4.78 is 10.6. The Hall–Kier alpha value is -2.77. The zero-order valence-electron chi connectivity index (χ0n) is 16.3. The summed E-state index contributed by atoms with van der Waals surface area (Å²) in [5, 5.41) is 6.10. The molecule has 7 nitrogen and oxygen atoms in total. The van der Waals surface area contributed by atoms with Crippen LogP contribution in [-0.4, -0.2) is 44.5 Å². The van der Waals surface area contributed by atoms with Crippen LogP contribution in [0, 0.1) is 0 Å². The number of hydrogen-bond acceptors (Lipinski definition) is 5. The molecule has 0 aliphatic heterocycles. The quantitative estimate of drug-likeness (QED) is 0.703. The molecule has 0 aliphatic carbocycles. The normalized spacial score (nSPS) is 10.5. The van der Waals surface area contributed by atoms with Gasteiger partial charge in [-0.3, -0.25) is 14.5 Å². The molecule has 2 rings (SSSR count). The molecule has 0 unspecified atom stereocenters. The number of nitrogens with zero attached hydrogens (tertiary/aromatic N) is 1. The first-order valence-corrected chi connectivity index (χ1v) is 8.96. The molecule has 0 aromatic heterocycles. The van der Waals surface area contributed by atoms with Crippen LogP contribution in [0.2, 0.25) is 5.02 Å². The molecule has 2 aromatic rings. The maximum absolute atomic E-state index is 12.5. The van der Waals surface area contributed by atoms with Crippen molar-refractivity contribution in [3.63, 3.8) is 0 Å². The highest BCUT2D eigenvalue weighted by Gasteiger charge is 2.13. The Morgan fingerprint density at radius 3 is 2.36 bits per heavy atom. The van der Waals surface area contributed by atoms with Crippen molar-refractivity contribution in [1.29, 1.82) is 0 Å². The first-order chi connectivity index (χ1) is 13.3. The molecule has 0 fully saturated rings. The molecule has 0 saturated heterocycles. The van der Waals surface area contributed by atoms with Crippen LogP contribution in [-0.2, 0) is 16.1 Å². The second kappa shape index (κ2) is 9.96. The summed E-state index contributed by atoms with van der Waals surface area (Å²) in [7, 11) is 4.93. The minimum Gasteiger partial charge on any atom is -0.496 e. The van der Waals surface area contributed by atoms with Crippen LogP contribution in [0.5, 0.6) is 11.5 Å². The molecule has 0 saturated carbocycles. The first-order valence-electron chi connectivity index (χ1n) is 8.58. The Balaban J connectivity index is 2.05. The van der Waals surface area contributed by atoms with Gasteiger partial charge in [-0.25, -0.2) is 0 Å². The summed E-state index contributed by atoms with van der Waals surface area (Å²) in [4.78, 5) is 25.6. The average molecular weight is 406 g/mol. The second-order valence-corrected chi connectivity index (χ2v) is 6.71. The number of halogens is 1. The van der Waals surface area contributed by atoms with E-state index in [1.54, 1.807) is 37.4 Å². The van der Waals surface area contributed by atoms with Gasteiger partial charge in [-0.1, -0.05) is 11.6 Å². The highest BCUT2D eigenvalue weighted by molar-refractivity contribution is 6.30. The lowest BCUT2D eigenvalue weighted by Crippen LogP contribution is -2.30. The van der Waals surface area contributed by atoms with Crippen molar-refractivity contribution in [1.82, 2.24) is 4.90 Å². The van der Waals surface area contributed by atoms with Gasteiger partial charge in [-0.2, -0.15) is 0 Å². The smallest absolute Gasteiger partial charge is 0.238 e. The number of carbonyl (C=O) groups excluding carboxylic acids is 2. The number of amides is 2. The molecular weight excluding hydrogens is 382 g/mol. The van der Waals surface area contributed by atoms with Gasteiger partial charge in [0.05, 0.1) is 26.5 Å². The van der Waals surface area contributed by atoms with Crippen molar-refractivity contribution in [2.24, 2.45) is 0 Å². The number of nitrogens with one attached hydrogen (secondary N) is 2. The van der Waals surface area contributed by atoms with E-state index >= 15 is 0 Å². The van der Waals surface area contributed by atoms with Gasteiger partial charge in [0.15, 0.2) is 0 Å². The monoisotopic (exact) mass is 405 g/mol. The van der Waals surface area contributed by atoms with Crippen LogP contribution in [0.15, 0.2) is 36.4 Å². The molecule has 2 N–H and O–H groups in total. The van der Waals surface area contributed by atoms with E-state index in [0.29, 0.717) is 34.4 Å². The molecular formula is C20H24ClN3O4. The van der Waals surface area contributed by atoms with E-state index in [0.717, 1.165) is 5.56 Å². The number of hydrogen-bond donors (Lipinski definition) is 2. The maximum atomic E-state index is 12.5. The van der Waals surface area contributed by atoms with Gasteiger partial charge in [0.2, 0.25) is 11.8 Å². The summed E-state index contributed by atoms with van der Waals surface area (Å²) >= 11 is 6.06. The van der Waals surface area contributed by atoms with Crippen molar-refractivity contribution in [3.8, 4) is 11.5 Å². The SMILES string of the molecule is COc1ccc(Cl)cc1CN(C)CC(=O)Nc1cc(NC(C)=O)ccc1OC. The lowest BCUT2D eigenvalue weighted by Gasteiger charge is -2.19. The van der Waals surface area contributed by atoms with E-state index in [1.807, 2.05) is 18.0 Å². The third-order valence-electron chi connectivity index (χ3n) is 3.89. The number of methoxy groups -OCH3 is 2. The van der Waals surface area contributed by atoms with E-state index in [2.05, 4.69) is 10.6 Å². The van der Waals surface area contributed by atoms with E-state index in [1.165, 1.54) is 14.0 Å². The van der Waals surface area contributed by atoms with Gasteiger partial charge in [-0.05, 0) is 43.4 Å². The van der Waals surface area contributed by atoms with Gasteiger partial charge in [0.1, 0.15) is 11.5 Å². The number of ether oxygens (including phenoxy) is 2. The Morgan fingerprint density at radius 1 is 1.04 bits per heavy atom. The number of likely N-dealkylation sites (N-methyl/N-ethyl adjacent to an activating group) is 1. The molecule has 0 heterocycles. The average Bonchev–Trinajstić information content (AvgIpc) is 2.61. The first kappa shape index (κ1) is 21.5. The van der Waals surface area contributed by atoms with Crippen LogP contribution in [0.4, 0.5) is 11.4 Å². The largest absolute Gasteiger partial charge is 0.496 e. The summed E-state index contributed by atoms with van der Waals surface area (Å²) in [6.07, 6.45) is 0. The van der Waals surface area contributed by atoms with Crippen LogP contribution in [0.3, 0.4) is 0 Å². The standard InChI is InChI=1S/C20H24ClN3O4/c1-13(25)22-16-6-8-19(28-4)17(10-16)23-20(26)12-24(2)11-14-9-15(21)5-7-18(14)27-3/h5-10H,11-12H2,1-4H3,(H,22,25)(H,23,26). The van der Waals surface area contributed by atoms with Gasteiger partial charge < -0.3 is 20.1 Å². The highest BCUT2D eigenvalue weighted by Crippen LogP contribution is 2.28. The fourth-order valence-electron chi connectivity index (χ4n) is 2.74. The van der Waals surface area contributed by atoms with Gasteiger partial charge >= 0.3 is 0 Å². The second-order valence-electron chi connectivity index (χ2n) is 6.27. The fourth-order valence-corrected chi connectivity index (χ4v) is 2.93. The molecule has 2 amide bonds. The van der Waals surface area contributed by atoms with Gasteiger partial charge in [-0.15, -0.1) is 0 Å². The van der Waals surface area contributed by atoms with Crippen molar-refractivity contribution < 1.29 is 19.1 Å². The Morgan fingerprint density at radius 2 is 1.71 bits per heavy atom. The zero-order valence-corrected chi connectivity index (χ0v) is 17.1. The third kappa shape index (κ3) is 6.14. The minimum atomic E-state index is -0.221. The molecule has 28 heavy (non-hydrogen) atoms. The Labute approximate surface area is 169 Å². The molecule has 0 radical (unpaired) electrons. The predicted molar refractivity (Wildman–Crippen MR) is 110 cm³/mol. The predicted octanol–water partition coefficient (Wildman–Crippen LogP) is 3.39. The van der Waals surface area contributed by atoms with Crippen molar-refractivity contribution >= 4 is 34.8 Å². The third-order valence-corrected chi connectivity index (χ3v) is 4.13. The molecule has 8 heteroatoms. The Bertz CT molecular complexity index is 857. The van der Waals surface area contributed by atoms with Crippen molar-refractivity contribution in [2.45, 2.75) is 13.5 Å². The lowest BCUT2D eigenvalue weighted by molar-refractivity contribution is -0.117. The Kier molecular flexibility index (Phi) is 7.66. The molecule has 0 aliphatic rings. The van der Waals surface area contributed by atoms with Gasteiger partial charge in [0.25, 0.3) is 0 Å². The van der Waals surface area contributed by atoms with E-state index in [-0.39, 0.29) is 18.4 Å². The maximum Gasteiger partial charge on any atom is 0.238 e. The molecule has 150 valence electrons. The van der Waals surface area contributed by atoms with Crippen LogP contribution in [0.1, 0.15) is 12.5 Å².